The SMILES string of the molecule is CON=C(C(=O)N[C@@H]1C(=O)N2C(C(=O)[O-])=C(C[n+]3ccc(N)n3CCF)CS[C@H]12)c1noc(N)n1. The zero-order chi connectivity index (χ0) is 25.3. The Balaban J connectivity index is 1.54. The van der Waals surface area contributed by atoms with E-state index in [9.17, 15) is 23.9 Å². The molecule has 1 saturated heterocycles. The molecule has 15 nitrogen and oxygen atoms in total. The molecule has 1 fully saturated rings. The molecule has 0 unspecified atom stereocenters. The first-order valence-electron chi connectivity index (χ1n) is 10.1. The molecule has 2 aliphatic heterocycles. The topological polar surface area (TPSA) is 211 Å². The van der Waals surface area contributed by atoms with Crippen LogP contribution in [0.2, 0.25) is 0 Å². The number of hydrogen-bond acceptors (Lipinski definition) is 12. The lowest BCUT2D eigenvalue weighted by molar-refractivity contribution is -0.767. The van der Waals surface area contributed by atoms with E-state index in [0.717, 1.165) is 4.90 Å². The molecule has 186 valence electrons. The molecule has 35 heavy (non-hydrogen) atoms. The van der Waals surface area contributed by atoms with Gasteiger partial charge in [-0.15, -0.1) is 21.1 Å². The van der Waals surface area contributed by atoms with E-state index < -0.39 is 35.9 Å². The Morgan fingerprint density at radius 1 is 1.49 bits per heavy atom. The number of anilines is 2. The summed E-state index contributed by atoms with van der Waals surface area (Å²) in [4.78, 5) is 47.0. The molecule has 5 N–H and O–H groups in total. The van der Waals surface area contributed by atoms with Crippen LogP contribution in [0.5, 0.6) is 0 Å². The number of nitrogen functional groups attached to an aromatic ring is 2. The largest absolute Gasteiger partial charge is 0.543 e. The van der Waals surface area contributed by atoms with E-state index in [1.165, 1.54) is 23.6 Å². The summed E-state index contributed by atoms with van der Waals surface area (Å²) in [5.41, 5.74) is 10.9. The monoisotopic (exact) mass is 509 g/mol. The van der Waals surface area contributed by atoms with Gasteiger partial charge in [0.15, 0.2) is 18.6 Å². The van der Waals surface area contributed by atoms with Crippen LogP contribution in [-0.4, -0.2) is 74.2 Å². The first-order valence-corrected chi connectivity index (χ1v) is 11.1. The van der Waals surface area contributed by atoms with Crippen molar-refractivity contribution in [3.8, 4) is 0 Å². The number of hydrogen-bond donors (Lipinski definition) is 3. The van der Waals surface area contributed by atoms with Crippen molar-refractivity contribution in [2.45, 2.75) is 24.5 Å². The van der Waals surface area contributed by atoms with Gasteiger partial charge in [-0.25, -0.2) is 4.39 Å². The summed E-state index contributed by atoms with van der Waals surface area (Å²) in [7, 11) is 1.19. The fraction of sp³-hybridized carbons (Fsp3) is 0.389. The first kappa shape index (κ1) is 24.0. The number of thioether (sulfide) groups is 1. The van der Waals surface area contributed by atoms with Gasteiger partial charge in [0.05, 0.1) is 17.7 Å². The van der Waals surface area contributed by atoms with Gasteiger partial charge in [-0.3, -0.25) is 14.5 Å². The van der Waals surface area contributed by atoms with Gasteiger partial charge in [0.25, 0.3) is 11.8 Å². The highest BCUT2D eigenvalue weighted by Gasteiger charge is 2.53. The van der Waals surface area contributed by atoms with E-state index in [0.29, 0.717) is 11.4 Å². The maximum Gasteiger partial charge on any atom is 0.319 e. The molecule has 17 heteroatoms. The van der Waals surface area contributed by atoms with Crippen molar-refractivity contribution in [3.05, 3.63) is 29.4 Å². The lowest BCUT2D eigenvalue weighted by Crippen LogP contribution is -2.71. The number of carboxylic acids is 1. The molecule has 2 aromatic rings. The summed E-state index contributed by atoms with van der Waals surface area (Å²) in [6.07, 6.45) is 1.59. The molecule has 2 amide bonds. The minimum Gasteiger partial charge on any atom is -0.543 e. The second kappa shape index (κ2) is 9.61. The van der Waals surface area contributed by atoms with Crippen molar-refractivity contribution in [3.63, 3.8) is 0 Å². The van der Waals surface area contributed by atoms with Crippen LogP contribution in [0.25, 0.3) is 0 Å². The number of aliphatic carboxylic acids is 1. The summed E-state index contributed by atoms with van der Waals surface area (Å²) in [6, 6.07) is 0.192. The molecule has 0 saturated carbocycles. The molecule has 0 aliphatic carbocycles. The molecule has 0 spiro atoms. The third-order valence-electron chi connectivity index (χ3n) is 5.25. The number of nitrogens with two attached hydrogens (primary N) is 2. The lowest BCUT2D eigenvalue weighted by Gasteiger charge is -2.50. The fourth-order valence-corrected chi connectivity index (χ4v) is 5.09. The molecule has 4 heterocycles. The van der Waals surface area contributed by atoms with E-state index in [-0.39, 0.29) is 42.1 Å². The number of halogens is 1. The molecule has 0 bridgehead atoms. The quantitative estimate of drug-likeness (QED) is 0.132. The normalized spacial score (nSPS) is 19.9. The number of aromatic nitrogens is 4. The minimum atomic E-state index is -1.55. The second-order valence-corrected chi connectivity index (χ2v) is 8.43. The van der Waals surface area contributed by atoms with Crippen molar-refractivity contribution in [1.82, 2.24) is 25.0 Å². The molecular weight excluding hydrogens is 489 g/mol. The number of fused-ring (bicyclic) bond motifs is 1. The van der Waals surface area contributed by atoms with E-state index >= 15 is 0 Å². The molecule has 2 aromatic heterocycles. The van der Waals surface area contributed by atoms with Crippen LogP contribution >= 0.6 is 11.8 Å². The average Bonchev–Trinajstić information content (AvgIpc) is 3.41. The van der Waals surface area contributed by atoms with Gasteiger partial charge >= 0.3 is 6.01 Å². The van der Waals surface area contributed by atoms with Gasteiger partial charge in [0, 0.05) is 11.3 Å². The van der Waals surface area contributed by atoms with Crippen molar-refractivity contribution in [1.29, 1.82) is 0 Å². The Bertz CT molecular complexity index is 1240. The Hall–Kier alpha value is -4.15. The van der Waals surface area contributed by atoms with Crippen molar-refractivity contribution < 1.29 is 37.9 Å². The number of carbonyl (C=O) groups is 3. The van der Waals surface area contributed by atoms with Crippen LogP contribution in [0.4, 0.5) is 16.2 Å². The van der Waals surface area contributed by atoms with Gasteiger partial charge in [-0.05, 0) is 0 Å². The number of carbonyl (C=O) groups excluding carboxylic acids is 3. The predicted molar refractivity (Wildman–Crippen MR) is 114 cm³/mol. The van der Waals surface area contributed by atoms with E-state index in [2.05, 4.69) is 30.0 Å². The van der Waals surface area contributed by atoms with Gasteiger partial charge in [0.1, 0.15) is 31.7 Å². The third kappa shape index (κ3) is 4.36. The van der Waals surface area contributed by atoms with Crippen molar-refractivity contribution in [2.75, 3.05) is 31.0 Å². The molecule has 0 aromatic carbocycles. The molecule has 2 atom stereocenters. The smallest absolute Gasteiger partial charge is 0.319 e. The Morgan fingerprint density at radius 2 is 2.26 bits per heavy atom. The van der Waals surface area contributed by atoms with Crippen LogP contribution in [0.1, 0.15) is 5.82 Å². The van der Waals surface area contributed by atoms with Crippen molar-refractivity contribution >= 4 is 47.1 Å². The summed E-state index contributed by atoms with van der Waals surface area (Å²) in [5.74, 6) is -2.82. The lowest BCUT2D eigenvalue weighted by atomic mass is 10.0. The molecular formula is C18H20FN9O6S. The molecule has 2 aliphatic rings. The van der Waals surface area contributed by atoms with Gasteiger partial charge in [0.2, 0.25) is 11.5 Å². The number of β-lactam (4-membered cyclic amide) rings is 1. The first-order chi connectivity index (χ1) is 16.8. The average molecular weight is 509 g/mol. The van der Waals surface area contributed by atoms with Crippen LogP contribution in [0.15, 0.2) is 33.2 Å². The Labute approximate surface area is 200 Å². The number of alkyl halides is 1. The summed E-state index contributed by atoms with van der Waals surface area (Å²) in [5, 5.41) is 20.8. The zero-order valence-electron chi connectivity index (χ0n) is 18.2. The minimum absolute atomic E-state index is 0.0172. The number of amides is 2. The summed E-state index contributed by atoms with van der Waals surface area (Å²) >= 11 is 1.24. The van der Waals surface area contributed by atoms with Crippen LogP contribution in [-0.2, 0) is 32.3 Å². The van der Waals surface area contributed by atoms with E-state index in [4.69, 9.17) is 11.5 Å². The number of rotatable bonds is 9. The van der Waals surface area contributed by atoms with Gasteiger partial charge < -0.3 is 36.0 Å². The third-order valence-corrected chi connectivity index (χ3v) is 6.59. The zero-order valence-corrected chi connectivity index (χ0v) is 19.0. The van der Waals surface area contributed by atoms with Crippen molar-refractivity contribution in [2.24, 2.45) is 5.16 Å². The van der Waals surface area contributed by atoms with E-state index in [1.807, 2.05) is 0 Å². The molecule has 0 radical (unpaired) electrons. The second-order valence-electron chi connectivity index (χ2n) is 7.33. The van der Waals surface area contributed by atoms with E-state index in [1.54, 1.807) is 16.9 Å². The predicted octanol–water partition coefficient (Wildman–Crippen LogP) is -3.25. The molecule has 4 rings (SSSR count). The van der Waals surface area contributed by atoms with Gasteiger partial charge in [-0.1, -0.05) is 10.3 Å². The highest BCUT2D eigenvalue weighted by Crippen LogP contribution is 2.40. The van der Waals surface area contributed by atoms with Crippen LogP contribution in [0.3, 0.4) is 0 Å². The number of nitrogens with one attached hydrogen (secondary N) is 1. The Morgan fingerprint density at radius 3 is 2.89 bits per heavy atom. The van der Waals surface area contributed by atoms with Gasteiger partial charge in [-0.2, -0.15) is 4.98 Å². The van der Waals surface area contributed by atoms with Crippen LogP contribution < -0.4 is 26.6 Å². The van der Waals surface area contributed by atoms with Crippen LogP contribution in [0, 0.1) is 0 Å². The maximum absolute atomic E-state index is 12.9. The standard InChI is InChI=1S/C18H20FN9O6S/c1-33-24-10(13-23-18(21)34-25-13)14(29)22-11-15(30)28-12(17(31)32)8(7-35-16(11)28)6-26-4-2-9(20)27(26)5-3-19/h2,4,11,16,20H,3,5-7H2,1H3,(H4,21,22,23,25,29,31,32)/t11-,16-/m1/s1. The summed E-state index contributed by atoms with van der Waals surface area (Å²) < 4.78 is 20.5. The highest BCUT2D eigenvalue weighted by molar-refractivity contribution is 8.00. The number of carboxylic acid groups (broad SMARTS) is 1. The highest BCUT2D eigenvalue weighted by atomic mass is 32.2. The fourth-order valence-electron chi connectivity index (χ4n) is 3.76. The maximum atomic E-state index is 12.9. The summed E-state index contributed by atoms with van der Waals surface area (Å²) in [6.45, 7) is -0.638. The number of oxime groups is 1. The Kier molecular flexibility index (Phi) is 6.59. The number of nitrogens with zero attached hydrogens (tertiary/aromatic N) is 6.